The number of rotatable bonds is 3. The van der Waals surface area contributed by atoms with Crippen LogP contribution in [0.1, 0.15) is 22.4 Å². The second-order valence-electron chi connectivity index (χ2n) is 6.88. The van der Waals surface area contributed by atoms with E-state index in [-0.39, 0.29) is 5.91 Å². The van der Waals surface area contributed by atoms with Crippen molar-refractivity contribution in [2.45, 2.75) is 27.3 Å². The van der Waals surface area contributed by atoms with Crippen LogP contribution in [0.5, 0.6) is 0 Å². The van der Waals surface area contributed by atoms with Gasteiger partial charge in [-0.3, -0.25) is 4.79 Å². The van der Waals surface area contributed by atoms with Gasteiger partial charge in [0.15, 0.2) is 0 Å². The molecule has 1 fully saturated rings. The number of carbonyl (C=O) groups is 1. The van der Waals surface area contributed by atoms with Crippen LogP contribution >= 0.6 is 0 Å². The third-order valence-electron chi connectivity index (χ3n) is 4.70. The maximum atomic E-state index is 12.7. The Balaban J connectivity index is 1.53. The van der Waals surface area contributed by atoms with Crippen LogP contribution in [-0.2, 0) is 11.3 Å². The Hall–Kier alpha value is -2.96. The maximum absolute atomic E-state index is 12.7. The van der Waals surface area contributed by atoms with Gasteiger partial charge in [0.1, 0.15) is 17.5 Å². The maximum Gasteiger partial charge on any atom is 0.263 e. The van der Waals surface area contributed by atoms with Crippen molar-refractivity contribution in [3.05, 3.63) is 46.9 Å². The van der Waals surface area contributed by atoms with E-state index in [4.69, 9.17) is 4.52 Å². The van der Waals surface area contributed by atoms with Crippen molar-refractivity contribution >= 4 is 22.8 Å². The number of amides is 1. The molecule has 1 aliphatic heterocycles. The SMILES string of the molecule is Cc1cc(C)cc(CN2CCN(c3ncnc4onc(C)c34)CC2=O)c1. The van der Waals surface area contributed by atoms with Crippen LogP contribution in [0.3, 0.4) is 0 Å². The minimum absolute atomic E-state index is 0.0938. The topological polar surface area (TPSA) is 75.4 Å². The summed E-state index contributed by atoms with van der Waals surface area (Å²) in [5, 5.41) is 4.74. The average Bonchev–Trinajstić information content (AvgIpc) is 2.97. The molecule has 1 aromatic carbocycles. The van der Waals surface area contributed by atoms with Crippen molar-refractivity contribution in [1.82, 2.24) is 20.0 Å². The summed E-state index contributed by atoms with van der Waals surface area (Å²) >= 11 is 0. The number of nitrogens with zero attached hydrogens (tertiary/aromatic N) is 5. The van der Waals surface area contributed by atoms with Gasteiger partial charge < -0.3 is 14.3 Å². The van der Waals surface area contributed by atoms with Crippen LogP contribution in [0.25, 0.3) is 11.1 Å². The lowest BCUT2D eigenvalue weighted by atomic mass is 10.1. The summed E-state index contributed by atoms with van der Waals surface area (Å²) in [4.78, 5) is 25.1. The normalized spacial score (nSPS) is 15.1. The van der Waals surface area contributed by atoms with Crippen LogP contribution < -0.4 is 4.90 Å². The zero-order valence-corrected chi connectivity index (χ0v) is 15.2. The monoisotopic (exact) mass is 351 g/mol. The number of anilines is 1. The molecule has 0 bridgehead atoms. The van der Waals surface area contributed by atoms with Gasteiger partial charge in [-0.25, -0.2) is 4.98 Å². The van der Waals surface area contributed by atoms with Gasteiger partial charge in [-0.2, -0.15) is 4.98 Å². The Morgan fingerprint density at radius 2 is 1.85 bits per heavy atom. The lowest BCUT2D eigenvalue weighted by Crippen LogP contribution is -2.50. The van der Waals surface area contributed by atoms with Crippen molar-refractivity contribution in [1.29, 1.82) is 0 Å². The summed E-state index contributed by atoms with van der Waals surface area (Å²) in [5.41, 5.74) is 4.80. The predicted molar refractivity (Wildman–Crippen MR) is 97.9 cm³/mol. The van der Waals surface area contributed by atoms with E-state index in [0.29, 0.717) is 37.7 Å². The zero-order chi connectivity index (χ0) is 18.3. The molecular formula is C19H21N5O2. The van der Waals surface area contributed by atoms with Gasteiger partial charge in [-0.15, -0.1) is 0 Å². The van der Waals surface area contributed by atoms with E-state index in [1.807, 2.05) is 16.7 Å². The van der Waals surface area contributed by atoms with Crippen molar-refractivity contribution in [3.8, 4) is 0 Å². The predicted octanol–water partition coefficient (Wildman–Crippen LogP) is 2.39. The van der Waals surface area contributed by atoms with Gasteiger partial charge in [0.25, 0.3) is 5.71 Å². The molecule has 26 heavy (non-hydrogen) atoms. The first-order valence-electron chi connectivity index (χ1n) is 8.68. The summed E-state index contributed by atoms with van der Waals surface area (Å²) in [7, 11) is 0. The van der Waals surface area contributed by atoms with E-state index in [0.717, 1.165) is 11.1 Å². The van der Waals surface area contributed by atoms with Crippen molar-refractivity contribution < 1.29 is 9.32 Å². The van der Waals surface area contributed by atoms with Crippen molar-refractivity contribution in [2.75, 3.05) is 24.5 Å². The first kappa shape index (κ1) is 16.5. The highest BCUT2D eigenvalue weighted by atomic mass is 16.5. The number of hydrogen-bond acceptors (Lipinski definition) is 6. The number of aromatic nitrogens is 3. The van der Waals surface area contributed by atoms with Crippen molar-refractivity contribution in [3.63, 3.8) is 0 Å². The molecule has 7 heteroatoms. The van der Waals surface area contributed by atoms with Crippen LogP contribution in [0.4, 0.5) is 5.82 Å². The molecule has 1 amide bonds. The van der Waals surface area contributed by atoms with Crippen LogP contribution in [0.15, 0.2) is 29.0 Å². The summed E-state index contributed by atoms with van der Waals surface area (Å²) in [5.74, 6) is 0.810. The van der Waals surface area contributed by atoms with E-state index in [1.54, 1.807) is 0 Å². The lowest BCUT2D eigenvalue weighted by molar-refractivity contribution is -0.131. The molecule has 3 aromatic rings. The van der Waals surface area contributed by atoms with E-state index < -0.39 is 0 Å². The molecule has 134 valence electrons. The number of carbonyl (C=O) groups excluding carboxylic acids is 1. The second kappa shape index (κ2) is 6.40. The Bertz CT molecular complexity index is 961. The summed E-state index contributed by atoms with van der Waals surface area (Å²) < 4.78 is 5.21. The smallest absolute Gasteiger partial charge is 0.263 e. The molecule has 2 aromatic heterocycles. The average molecular weight is 351 g/mol. The number of fused-ring (bicyclic) bond motifs is 1. The molecule has 4 rings (SSSR count). The minimum atomic E-state index is 0.0938. The van der Waals surface area contributed by atoms with Gasteiger partial charge in [0, 0.05) is 19.6 Å². The van der Waals surface area contributed by atoms with Crippen LogP contribution in [0, 0.1) is 20.8 Å². The fraction of sp³-hybridized carbons (Fsp3) is 0.368. The molecule has 0 spiro atoms. The van der Waals surface area contributed by atoms with E-state index in [1.165, 1.54) is 23.0 Å². The highest BCUT2D eigenvalue weighted by molar-refractivity contribution is 5.91. The van der Waals surface area contributed by atoms with Gasteiger partial charge in [0.2, 0.25) is 5.91 Å². The van der Waals surface area contributed by atoms with Gasteiger partial charge >= 0.3 is 0 Å². The molecule has 0 N–H and O–H groups in total. The Morgan fingerprint density at radius 3 is 2.58 bits per heavy atom. The van der Waals surface area contributed by atoms with E-state index in [2.05, 4.69) is 47.2 Å². The molecule has 0 saturated carbocycles. The highest BCUT2D eigenvalue weighted by Crippen LogP contribution is 2.27. The summed E-state index contributed by atoms with van der Waals surface area (Å²) in [6.45, 7) is 8.32. The molecule has 3 heterocycles. The van der Waals surface area contributed by atoms with Crippen LogP contribution in [-0.4, -0.2) is 45.6 Å². The first-order chi connectivity index (χ1) is 12.5. The standard InChI is InChI=1S/C19H21N5O2/c1-12-6-13(2)8-15(7-12)9-23-4-5-24(10-16(23)25)18-17-14(3)22-26-19(17)21-11-20-18/h6-8,11H,4-5,9-10H2,1-3H3. The second-order valence-corrected chi connectivity index (χ2v) is 6.88. The molecule has 0 radical (unpaired) electrons. The molecule has 1 saturated heterocycles. The molecule has 0 unspecified atom stereocenters. The van der Waals surface area contributed by atoms with Crippen molar-refractivity contribution in [2.24, 2.45) is 0 Å². The largest absolute Gasteiger partial charge is 0.345 e. The third kappa shape index (κ3) is 3.00. The summed E-state index contributed by atoms with van der Waals surface area (Å²) in [6, 6.07) is 6.42. The van der Waals surface area contributed by atoms with Gasteiger partial charge in [-0.1, -0.05) is 34.5 Å². The molecular weight excluding hydrogens is 330 g/mol. The van der Waals surface area contributed by atoms with Gasteiger partial charge in [-0.05, 0) is 26.3 Å². The quantitative estimate of drug-likeness (QED) is 0.721. The Labute approximate surface area is 151 Å². The van der Waals surface area contributed by atoms with Gasteiger partial charge in [0.05, 0.1) is 12.2 Å². The molecule has 0 aliphatic carbocycles. The van der Waals surface area contributed by atoms with Crippen LogP contribution in [0.2, 0.25) is 0 Å². The highest BCUT2D eigenvalue weighted by Gasteiger charge is 2.27. The zero-order valence-electron chi connectivity index (χ0n) is 15.2. The third-order valence-corrected chi connectivity index (χ3v) is 4.70. The fourth-order valence-electron chi connectivity index (χ4n) is 3.58. The number of aryl methyl sites for hydroxylation is 3. The number of benzene rings is 1. The number of hydrogen-bond donors (Lipinski definition) is 0. The van der Waals surface area contributed by atoms with E-state index >= 15 is 0 Å². The van der Waals surface area contributed by atoms with E-state index in [9.17, 15) is 4.79 Å². The number of piperazine rings is 1. The summed E-state index contributed by atoms with van der Waals surface area (Å²) in [6.07, 6.45) is 1.45. The Kier molecular flexibility index (Phi) is 4.06. The molecule has 0 atom stereocenters. The minimum Gasteiger partial charge on any atom is -0.345 e. The fourth-order valence-corrected chi connectivity index (χ4v) is 3.58. The Morgan fingerprint density at radius 1 is 1.08 bits per heavy atom. The first-order valence-corrected chi connectivity index (χ1v) is 8.68. The molecule has 1 aliphatic rings. The molecule has 7 nitrogen and oxygen atoms in total. The lowest BCUT2D eigenvalue weighted by Gasteiger charge is -2.35.